The molecule has 0 amide bonds. The lowest BCUT2D eigenvalue weighted by molar-refractivity contribution is 0.133. The second-order valence-corrected chi connectivity index (χ2v) is 5.64. The minimum absolute atomic E-state index is 0.201. The molecule has 0 aliphatic carbocycles. The highest BCUT2D eigenvalue weighted by atomic mass is 79.9. The predicted octanol–water partition coefficient (Wildman–Crippen LogP) is 2.73. The van der Waals surface area contributed by atoms with E-state index in [9.17, 15) is 5.11 Å². The largest absolute Gasteiger partial charge is 0.395 e. The van der Waals surface area contributed by atoms with Crippen LogP contribution < -0.4 is 0 Å². The lowest BCUT2D eigenvalue weighted by atomic mass is 10.1. The third-order valence-electron chi connectivity index (χ3n) is 3.70. The molecule has 0 spiro atoms. The van der Waals surface area contributed by atoms with Crippen molar-refractivity contribution in [1.82, 2.24) is 14.7 Å². The molecule has 0 aliphatic heterocycles. The first kappa shape index (κ1) is 16.7. The number of rotatable bonds is 8. The third kappa shape index (κ3) is 4.04. The van der Waals surface area contributed by atoms with Gasteiger partial charge in [-0.25, -0.2) is 0 Å². The van der Waals surface area contributed by atoms with Crippen LogP contribution in [0.15, 0.2) is 4.47 Å². The summed E-state index contributed by atoms with van der Waals surface area (Å²) in [5.41, 5.74) is 2.29. The smallest absolute Gasteiger partial charge is 0.0767 e. The number of hydrogen-bond donors (Lipinski definition) is 1. The zero-order chi connectivity index (χ0) is 14.4. The van der Waals surface area contributed by atoms with E-state index in [0.29, 0.717) is 12.6 Å². The summed E-state index contributed by atoms with van der Waals surface area (Å²) >= 11 is 3.66. The van der Waals surface area contributed by atoms with Crippen LogP contribution in [-0.4, -0.2) is 39.0 Å². The lowest BCUT2D eigenvalue weighted by Gasteiger charge is -2.29. The minimum atomic E-state index is 0.201. The van der Waals surface area contributed by atoms with Crippen LogP contribution >= 0.6 is 15.9 Å². The monoisotopic (exact) mass is 331 g/mol. The summed E-state index contributed by atoms with van der Waals surface area (Å²) in [6.45, 7) is 8.26. The number of aromatic nitrogens is 2. The van der Waals surface area contributed by atoms with Crippen molar-refractivity contribution in [1.29, 1.82) is 0 Å². The Morgan fingerprint density at radius 2 is 1.95 bits per heavy atom. The maximum Gasteiger partial charge on any atom is 0.0767 e. The van der Waals surface area contributed by atoms with Crippen molar-refractivity contribution in [3.63, 3.8) is 0 Å². The van der Waals surface area contributed by atoms with E-state index in [1.165, 1.54) is 5.69 Å². The van der Waals surface area contributed by atoms with Gasteiger partial charge in [-0.1, -0.05) is 20.8 Å². The Labute approximate surface area is 124 Å². The zero-order valence-electron chi connectivity index (χ0n) is 12.5. The molecule has 0 saturated heterocycles. The van der Waals surface area contributed by atoms with Gasteiger partial charge in [-0.15, -0.1) is 0 Å². The fourth-order valence-corrected chi connectivity index (χ4v) is 3.25. The standard InChI is InChI=1S/C14H26BrN3O/c1-5-11(6-2)18(8-9-19)10-13-14(15)12(7-3)16-17(13)4/h11,19H,5-10H2,1-4H3. The van der Waals surface area contributed by atoms with Crippen LogP contribution in [0.4, 0.5) is 0 Å². The molecule has 110 valence electrons. The molecule has 0 unspecified atom stereocenters. The molecule has 5 heteroatoms. The van der Waals surface area contributed by atoms with Gasteiger partial charge >= 0.3 is 0 Å². The SMILES string of the molecule is CCc1nn(C)c(CN(CCO)C(CC)CC)c1Br. The van der Waals surface area contributed by atoms with Crippen LogP contribution in [0.2, 0.25) is 0 Å². The van der Waals surface area contributed by atoms with Crippen LogP contribution in [-0.2, 0) is 20.0 Å². The maximum atomic E-state index is 9.27. The van der Waals surface area contributed by atoms with Crippen molar-refractivity contribution in [2.24, 2.45) is 7.05 Å². The van der Waals surface area contributed by atoms with Gasteiger partial charge in [-0.2, -0.15) is 5.10 Å². The third-order valence-corrected chi connectivity index (χ3v) is 4.62. The summed E-state index contributed by atoms with van der Waals surface area (Å²) in [5.74, 6) is 0. The normalized spacial score (nSPS) is 11.8. The van der Waals surface area contributed by atoms with E-state index in [1.54, 1.807) is 0 Å². The molecule has 0 fully saturated rings. The first-order valence-electron chi connectivity index (χ1n) is 7.14. The zero-order valence-corrected chi connectivity index (χ0v) is 14.1. The Hall–Kier alpha value is -0.390. The molecule has 19 heavy (non-hydrogen) atoms. The molecule has 1 heterocycles. The number of aliphatic hydroxyl groups excluding tert-OH is 1. The van der Waals surface area contributed by atoms with Gasteiger partial charge < -0.3 is 5.11 Å². The van der Waals surface area contributed by atoms with Crippen LogP contribution in [0, 0.1) is 0 Å². The number of halogens is 1. The Morgan fingerprint density at radius 1 is 1.32 bits per heavy atom. The first-order chi connectivity index (χ1) is 9.08. The molecule has 1 aromatic heterocycles. The topological polar surface area (TPSA) is 41.3 Å². The Kier molecular flexibility index (Phi) is 7.04. The molecule has 1 rings (SSSR count). The van der Waals surface area contributed by atoms with E-state index in [0.717, 1.165) is 36.0 Å². The molecule has 0 aliphatic rings. The molecule has 1 N–H and O–H groups in total. The van der Waals surface area contributed by atoms with Crippen molar-refractivity contribution < 1.29 is 5.11 Å². The summed E-state index contributed by atoms with van der Waals surface area (Å²) in [5, 5.41) is 13.8. The van der Waals surface area contributed by atoms with Crippen LogP contribution in [0.3, 0.4) is 0 Å². The van der Waals surface area contributed by atoms with Crippen molar-refractivity contribution >= 4 is 15.9 Å². The van der Waals surface area contributed by atoms with Crippen molar-refractivity contribution in [2.45, 2.75) is 52.6 Å². The maximum absolute atomic E-state index is 9.27. The summed E-state index contributed by atoms with van der Waals surface area (Å²) < 4.78 is 3.07. The van der Waals surface area contributed by atoms with Crippen molar-refractivity contribution in [2.75, 3.05) is 13.2 Å². The van der Waals surface area contributed by atoms with E-state index in [-0.39, 0.29) is 6.61 Å². The molecule has 0 radical (unpaired) electrons. The fourth-order valence-electron chi connectivity index (χ4n) is 2.51. The highest BCUT2D eigenvalue weighted by molar-refractivity contribution is 9.10. The number of aliphatic hydroxyl groups is 1. The second-order valence-electron chi connectivity index (χ2n) is 4.85. The minimum Gasteiger partial charge on any atom is -0.395 e. The van der Waals surface area contributed by atoms with Gasteiger partial charge in [-0.3, -0.25) is 9.58 Å². The first-order valence-corrected chi connectivity index (χ1v) is 7.93. The Morgan fingerprint density at radius 3 is 2.37 bits per heavy atom. The van der Waals surface area contributed by atoms with Crippen LogP contribution in [0.5, 0.6) is 0 Å². The quantitative estimate of drug-likeness (QED) is 0.796. The van der Waals surface area contributed by atoms with Gasteiger partial charge in [0.2, 0.25) is 0 Å². The number of nitrogens with zero attached hydrogens (tertiary/aromatic N) is 3. The molecular formula is C14H26BrN3O. The van der Waals surface area contributed by atoms with E-state index >= 15 is 0 Å². The molecular weight excluding hydrogens is 306 g/mol. The van der Waals surface area contributed by atoms with E-state index < -0.39 is 0 Å². The summed E-state index contributed by atoms with van der Waals surface area (Å²) in [6, 6.07) is 0.513. The van der Waals surface area contributed by atoms with Gasteiger partial charge in [0.05, 0.1) is 22.5 Å². The van der Waals surface area contributed by atoms with Gasteiger partial charge in [0.1, 0.15) is 0 Å². The predicted molar refractivity (Wildman–Crippen MR) is 82.2 cm³/mol. The molecule has 0 saturated carbocycles. The Balaban J connectivity index is 2.92. The van der Waals surface area contributed by atoms with Crippen molar-refractivity contribution in [3.05, 3.63) is 15.9 Å². The van der Waals surface area contributed by atoms with Crippen molar-refractivity contribution in [3.8, 4) is 0 Å². The number of hydrogen-bond acceptors (Lipinski definition) is 3. The highest BCUT2D eigenvalue weighted by Gasteiger charge is 2.20. The summed E-state index contributed by atoms with van der Waals surface area (Å²) in [6.07, 6.45) is 3.14. The fraction of sp³-hybridized carbons (Fsp3) is 0.786. The summed E-state index contributed by atoms with van der Waals surface area (Å²) in [7, 11) is 1.99. The second kappa shape index (κ2) is 8.02. The van der Waals surface area contributed by atoms with E-state index in [2.05, 4.69) is 46.7 Å². The average Bonchev–Trinajstić information content (AvgIpc) is 2.67. The molecule has 0 bridgehead atoms. The van der Waals surface area contributed by atoms with E-state index in [1.807, 2.05) is 11.7 Å². The lowest BCUT2D eigenvalue weighted by Crippen LogP contribution is -2.36. The van der Waals surface area contributed by atoms with Gasteiger partial charge in [0.15, 0.2) is 0 Å². The van der Waals surface area contributed by atoms with Crippen LogP contribution in [0.1, 0.15) is 45.0 Å². The molecule has 0 atom stereocenters. The van der Waals surface area contributed by atoms with Gasteiger partial charge in [0.25, 0.3) is 0 Å². The molecule has 1 aromatic rings. The van der Waals surface area contributed by atoms with Gasteiger partial charge in [0, 0.05) is 26.2 Å². The average molecular weight is 332 g/mol. The van der Waals surface area contributed by atoms with E-state index in [4.69, 9.17) is 0 Å². The summed E-state index contributed by atoms with van der Waals surface area (Å²) in [4.78, 5) is 2.35. The van der Waals surface area contributed by atoms with Crippen LogP contribution in [0.25, 0.3) is 0 Å². The number of aryl methyl sites for hydroxylation is 2. The molecule has 4 nitrogen and oxygen atoms in total. The Bertz CT molecular complexity index is 388. The molecule has 0 aromatic carbocycles. The van der Waals surface area contributed by atoms with Gasteiger partial charge in [-0.05, 0) is 35.2 Å². The highest BCUT2D eigenvalue weighted by Crippen LogP contribution is 2.24.